The zero-order valence-corrected chi connectivity index (χ0v) is 16.2. The quantitative estimate of drug-likeness (QED) is 0.680. The number of nitriles is 1. The lowest BCUT2D eigenvalue weighted by Gasteiger charge is -2.10. The first kappa shape index (κ1) is 21.1. The lowest BCUT2D eigenvalue weighted by molar-refractivity contribution is -0.146. The van der Waals surface area contributed by atoms with E-state index in [4.69, 9.17) is 10.00 Å². The second-order valence-corrected chi connectivity index (χ2v) is 7.70. The Kier molecular flexibility index (Phi) is 6.87. The number of sulfonamides is 1. The molecule has 0 aliphatic carbocycles. The van der Waals surface area contributed by atoms with Crippen LogP contribution in [0.4, 0.5) is 5.69 Å². The number of anilines is 1. The summed E-state index contributed by atoms with van der Waals surface area (Å²) < 4.78 is 31.6. The molecule has 0 unspecified atom stereocenters. The fraction of sp³-hybridized carbons (Fsp3) is 0.211. The maximum atomic E-state index is 12.3. The number of hydrogen-bond donors (Lipinski definition) is 2. The van der Waals surface area contributed by atoms with Crippen molar-refractivity contribution >= 4 is 27.6 Å². The standard InChI is InChI=1S/C19H19N3O5S/c1-13-7-8-14(2)17(9-13)28(25,26)21-11-19(24)27-12-18(23)22-16-6-4-3-5-15(16)10-20/h3-9,21H,11-12H2,1-2H3,(H,22,23). The first-order chi connectivity index (χ1) is 13.2. The zero-order valence-electron chi connectivity index (χ0n) is 15.4. The molecule has 0 saturated heterocycles. The number of ether oxygens (including phenoxy) is 1. The number of carbonyl (C=O) groups excluding carboxylic acids is 2. The molecule has 2 rings (SSSR count). The molecule has 0 aliphatic heterocycles. The number of amides is 1. The predicted octanol–water partition coefficient (Wildman–Crippen LogP) is 1.64. The van der Waals surface area contributed by atoms with Crippen LogP contribution in [-0.2, 0) is 24.3 Å². The Hall–Kier alpha value is -3.22. The summed E-state index contributed by atoms with van der Waals surface area (Å²) in [5.74, 6) is -1.55. The Morgan fingerprint density at radius 2 is 1.86 bits per heavy atom. The van der Waals surface area contributed by atoms with E-state index in [1.54, 1.807) is 38.1 Å². The van der Waals surface area contributed by atoms with E-state index in [1.807, 2.05) is 6.07 Å². The van der Waals surface area contributed by atoms with Crippen molar-refractivity contribution in [2.24, 2.45) is 0 Å². The Morgan fingerprint density at radius 1 is 1.14 bits per heavy atom. The highest BCUT2D eigenvalue weighted by atomic mass is 32.2. The van der Waals surface area contributed by atoms with E-state index in [0.717, 1.165) is 5.56 Å². The predicted molar refractivity (Wildman–Crippen MR) is 102 cm³/mol. The van der Waals surface area contributed by atoms with Gasteiger partial charge in [0, 0.05) is 0 Å². The number of esters is 1. The maximum Gasteiger partial charge on any atom is 0.321 e. The van der Waals surface area contributed by atoms with Gasteiger partial charge in [-0.1, -0.05) is 24.3 Å². The number of para-hydroxylation sites is 1. The summed E-state index contributed by atoms with van der Waals surface area (Å²) in [4.78, 5) is 23.7. The molecule has 2 aromatic rings. The molecule has 0 atom stereocenters. The van der Waals surface area contributed by atoms with Crippen molar-refractivity contribution in [3.63, 3.8) is 0 Å². The average molecular weight is 401 g/mol. The van der Waals surface area contributed by atoms with Gasteiger partial charge in [-0.15, -0.1) is 0 Å². The number of carbonyl (C=O) groups is 2. The highest BCUT2D eigenvalue weighted by Gasteiger charge is 2.19. The van der Waals surface area contributed by atoms with Gasteiger partial charge in [0.05, 0.1) is 16.1 Å². The van der Waals surface area contributed by atoms with Gasteiger partial charge in [-0.3, -0.25) is 9.59 Å². The van der Waals surface area contributed by atoms with E-state index >= 15 is 0 Å². The smallest absolute Gasteiger partial charge is 0.321 e. The van der Waals surface area contributed by atoms with Crippen LogP contribution in [0.5, 0.6) is 0 Å². The number of nitrogens with one attached hydrogen (secondary N) is 2. The fourth-order valence-corrected chi connectivity index (χ4v) is 3.60. The van der Waals surface area contributed by atoms with Crippen LogP contribution in [0, 0.1) is 25.2 Å². The van der Waals surface area contributed by atoms with E-state index in [1.165, 1.54) is 18.2 Å². The third-order valence-corrected chi connectivity index (χ3v) is 5.27. The normalized spacial score (nSPS) is 10.8. The second-order valence-electron chi connectivity index (χ2n) is 5.96. The topological polar surface area (TPSA) is 125 Å². The third kappa shape index (κ3) is 5.64. The van der Waals surface area contributed by atoms with Crippen LogP contribution in [0.1, 0.15) is 16.7 Å². The molecule has 146 valence electrons. The minimum Gasteiger partial charge on any atom is -0.455 e. The first-order valence-electron chi connectivity index (χ1n) is 8.24. The second kappa shape index (κ2) is 9.12. The Morgan fingerprint density at radius 3 is 2.57 bits per heavy atom. The number of benzene rings is 2. The van der Waals surface area contributed by atoms with Gasteiger partial charge in [-0.25, -0.2) is 8.42 Å². The molecule has 9 heteroatoms. The van der Waals surface area contributed by atoms with E-state index < -0.39 is 35.1 Å². The summed E-state index contributed by atoms with van der Waals surface area (Å²) in [5.41, 5.74) is 1.87. The van der Waals surface area contributed by atoms with Gasteiger partial charge < -0.3 is 10.1 Å². The SMILES string of the molecule is Cc1ccc(C)c(S(=O)(=O)NCC(=O)OCC(=O)Nc2ccccc2C#N)c1. The van der Waals surface area contributed by atoms with Crippen molar-refractivity contribution in [2.75, 3.05) is 18.5 Å². The Labute approximate surface area is 163 Å². The minimum absolute atomic E-state index is 0.0751. The van der Waals surface area contributed by atoms with E-state index in [9.17, 15) is 18.0 Å². The van der Waals surface area contributed by atoms with E-state index in [2.05, 4.69) is 10.0 Å². The minimum atomic E-state index is -3.89. The van der Waals surface area contributed by atoms with Crippen molar-refractivity contribution in [1.82, 2.24) is 4.72 Å². The van der Waals surface area contributed by atoms with Crippen LogP contribution >= 0.6 is 0 Å². The molecular formula is C19H19N3O5S. The molecule has 0 saturated carbocycles. The summed E-state index contributed by atoms with van der Waals surface area (Å²) >= 11 is 0. The van der Waals surface area contributed by atoms with Crippen molar-refractivity contribution in [3.8, 4) is 6.07 Å². The van der Waals surface area contributed by atoms with Gasteiger partial charge in [0.1, 0.15) is 12.6 Å². The Bertz CT molecular complexity index is 1040. The summed E-state index contributed by atoms with van der Waals surface area (Å²) in [5, 5.41) is 11.4. The molecule has 28 heavy (non-hydrogen) atoms. The molecule has 2 aromatic carbocycles. The lowest BCUT2D eigenvalue weighted by atomic mass is 10.2. The molecule has 0 radical (unpaired) electrons. The van der Waals surface area contributed by atoms with Crippen LogP contribution < -0.4 is 10.0 Å². The molecule has 0 heterocycles. The van der Waals surface area contributed by atoms with Crippen LogP contribution in [0.2, 0.25) is 0 Å². The van der Waals surface area contributed by atoms with Crippen molar-refractivity contribution < 1.29 is 22.7 Å². The van der Waals surface area contributed by atoms with E-state index in [0.29, 0.717) is 11.3 Å². The zero-order chi connectivity index (χ0) is 20.7. The van der Waals surface area contributed by atoms with Gasteiger partial charge in [-0.2, -0.15) is 9.98 Å². The molecular weight excluding hydrogens is 382 g/mol. The summed E-state index contributed by atoms with van der Waals surface area (Å²) in [6.07, 6.45) is 0. The van der Waals surface area contributed by atoms with Gasteiger partial charge >= 0.3 is 5.97 Å². The van der Waals surface area contributed by atoms with Crippen molar-refractivity contribution in [1.29, 1.82) is 5.26 Å². The number of nitrogens with zero attached hydrogens (tertiary/aromatic N) is 1. The van der Waals surface area contributed by atoms with Gasteiger partial charge in [0.25, 0.3) is 5.91 Å². The monoisotopic (exact) mass is 401 g/mol. The van der Waals surface area contributed by atoms with Crippen LogP contribution in [0.25, 0.3) is 0 Å². The average Bonchev–Trinajstić information content (AvgIpc) is 2.67. The molecule has 0 aromatic heterocycles. The van der Waals surface area contributed by atoms with Crippen LogP contribution in [0.3, 0.4) is 0 Å². The van der Waals surface area contributed by atoms with Crippen molar-refractivity contribution in [2.45, 2.75) is 18.7 Å². The first-order valence-corrected chi connectivity index (χ1v) is 9.73. The van der Waals surface area contributed by atoms with Gasteiger partial charge in [0.15, 0.2) is 6.61 Å². The van der Waals surface area contributed by atoms with Crippen LogP contribution in [-0.4, -0.2) is 33.4 Å². The number of aryl methyl sites for hydroxylation is 2. The molecule has 1 amide bonds. The summed E-state index contributed by atoms with van der Waals surface area (Å²) in [6.45, 7) is 2.19. The van der Waals surface area contributed by atoms with Gasteiger partial charge in [0.2, 0.25) is 10.0 Å². The highest BCUT2D eigenvalue weighted by molar-refractivity contribution is 7.89. The lowest BCUT2D eigenvalue weighted by Crippen LogP contribution is -2.32. The number of rotatable bonds is 7. The number of hydrogen-bond acceptors (Lipinski definition) is 6. The fourth-order valence-electron chi connectivity index (χ4n) is 2.30. The largest absolute Gasteiger partial charge is 0.455 e. The third-order valence-electron chi connectivity index (χ3n) is 3.73. The van der Waals surface area contributed by atoms with Gasteiger partial charge in [-0.05, 0) is 43.2 Å². The molecule has 8 nitrogen and oxygen atoms in total. The molecule has 2 N–H and O–H groups in total. The van der Waals surface area contributed by atoms with E-state index in [-0.39, 0.29) is 10.5 Å². The maximum absolute atomic E-state index is 12.3. The Balaban J connectivity index is 1.88. The summed E-state index contributed by atoms with van der Waals surface area (Å²) in [6, 6.07) is 13.2. The molecule has 0 spiro atoms. The van der Waals surface area contributed by atoms with Crippen molar-refractivity contribution in [3.05, 3.63) is 59.2 Å². The molecule has 0 fully saturated rings. The molecule has 0 aliphatic rings. The summed E-state index contributed by atoms with van der Waals surface area (Å²) in [7, 11) is -3.89. The van der Waals surface area contributed by atoms with Crippen LogP contribution in [0.15, 0.2) is 47.4 Å². The molecule has 0 bridgehead atoms. The highest BCUT2D eigenvalue weighted by Crippen LogP contribution is 2.16.